The van der Waals surface area contributed by atoms with Crippen molar-refractivity contribution in [2.24, 2.45) is 0 Å². The van der Waals surface area contributed by atoms with Crippen LogP contribution in [0.3, 0.4) is 0 Å². The average Bonchev–Trinajstić information content (AvgIpc) is 2.37. The van der Waals surface area contributed by atoms with Crippen LogP contribution in [-0.2, 0) is 9.09 Å². The Morgan fingerprint density at radius 3 is 2.29 bits per heavy atom. The summed E-state index contributed by atoms with van der Waals surface area (Å²) < 4.78 is 18.1. The Kier molecular flexibility index (Phi) is 7.46. The van der Waals surface area contributed by atoms with Crippen LogP contribution < -0.4 is 0 Å². The molecule has 0 N–H and O–H groups in total. The van der Waals surface area contributed by atoms with Crippen molar-refractivity contribution in [1.82, 2.24) is 0 Å². The summed E-state index contributed by atoms with van der Waals surface area (Å²) in [7, 11) is -1.84. The van der Waals surface area contributed by atoms with Gasteiger partial charge in [0, 0.05) is 5.16 Å². The summed E-state index contributed by atoms with van der Waals surface area (Å²) in [6, 6.07) is 0. The Balaban J connectivity index is 2.51. The molecule has 0 spiro atoms. The maximum atomic E-state index is 12.5. The molecule has 0 amide bonds. The molecule has 1 rings (SSSR count). The van der Waals surface area contributed by atoms with Crippen LogP contribution >= 0.6 is 8.03 Å². The van der Waals surface area contributed by atoms with E-state index in [2.05, 4.69) is 13.8 Å². The van der Waals surface area contributed by atoms with E-state index in [4.69, 9.17) is 4.52 Å². The van der Waals surface area contributed by atoms with E-state index in [-0.39, 0.29) is 5.16 Å². The van der Waals surface area contributed by atoms with Crippen LogP contribution in [-0.4, -0.2) is 11.8 Å². The van der Waals surface area contributed by atoms with Crippen LogP contribution in [0.25, 0.3) is 0 Å². The van der Waals surface area contributed by atoms with Gasteiger partial charge in [0.05, 0.1) is 6.61 Å². The van der Waals surface area contributed by atoms with Crippen LogP contribution in [0.15, 0.2) is 0 Å². The summed E-state index contributed by atoms with van der Waals surface area (Å²) in [6.07, 6.45) is 11.8. The molecule has 1 aliphatic carbocycles. The minimum Gasteiger partial charge on any atom is -0.330 e. The predicted molar refractivity (Wildman–Crippen MR) is 75.2 cm³/mol. The lowest BCUT2D eigenvalue weighted by Crippen LogP contribution is -2.28. The van der Waals surface area contributed by atoms with Crippen LogP contribution in [0, 0.1) is 0 Å². The Hall–Kier alpha value is 0.190. The lowest BCUT2D eigenvalue weighted by molar-refractivity contribution is 0.269. The maximum Gasteiger partial charge on any atom is 0.197 e. The van der Waals surface area contributed by atoms with Gasteiger partial charge in [-0.1, -0.05) is 52.4 Å². The second kappa shape index (κ2) is 8.32. The molecule has 0 radical (unpaired) electrons. The van der Waals surface area contributed by atoms with Gasteiger partial charge in [-0.2, -0.15) is 0 Å². The van der Waals surface area contributed by atoms with E-state index in [9.17, 15) is 4.57 Å². The molecule has 1 aliphatic rings. The van der Waals surface area contributed by atoms with E-state index in [1.54, 1.807) is 0 Å². The molecule has 17 heavy (non-hydrogen) atoms. The molecule has 0 aromatic carbocycles. The third-order valence-corrected chi connectivity index (χ3v) is 6.07. The second-order valence-corrected chi connectivity index (χ2v) is 7.36. The number of hydrogen-bond acceptors (Lipinski definition) is 2. The third-order valence-electron chi connectivity index (χ3n) is 3.98. The van der Waals surface area contributed by atoms with Gasteiger partial charge in [-0.05, 0) is 25.7 Å². The van der Waals surface area contributed by atoms with Gasteiger partial charge < -0.3 is 4.52 Å². The Labute approximate surface area is 107 Å². The summed E-state index contributed by atoms with van der Waals surface area (Å²) in [5.41, 5.74) is 0. The highest BCUT2D eigenvalue weighted by atomic mass is 31.1. The highest BCUT2D eigenvalue weighted by molar-refractivity contribution is 7.41. The van der Waals surface area contributed by atoms with Gasteiger partial charge in [-0.15, -0.1) is 0 Å². The number of rotatable bonds is 8. The van der Waals surface area contributed by atoms with Gasteiger partial charge >= 0.3 is 0 Å². The summed E-state index contributed by atoms with van der Waals surface area (Å²) in [4.78, 5) is 0. The fraction of sp³-hybridized carbons (Fsp3) is 1.00. The van der Waals surface area contributed by atoms with Crippen molar-refractivity contribution < 1.29 is 9.09 Å². The zero-order chi connectivity index (χ0) is 12.6. The average molecular weight is 260 g/mol. The smallest absolute Gasteiger partial charge is 0.197 e. The fourth-order valence-corrected chi connectivity index (χ4v) is 4.54. The highest BCUT2D eigenvalue weighted by Gasteiger charge is 2.37. The largest absolute Gasteiger partial charge is 0.330 e. The summed E-state index contributed by atoms with van der Waals surface area (Å²) >= 11 is 0. The van der Waals surface area contributed by atoms with Gasteiger partial charge in [0.2, 0.25) is 0 Å². The van der Waals surface area contributed by atoms with E-state index in [1.807, 2.05) is 0 Å². The standard InChI is InChI=1S/C14H29O2P/c1-3-5-10-14(11-8-7-9-12-14)17(15)16-13-6-4-2/h17H,3-13H2,1-2H3. The molecule has 1 saturated carbocycles. The van der Waals surface area contributed by atoms with Crippen molar-refractivity contribution in [2.75, 3.05) is 6.61 Å². The zero-order valence-electron chi connectivity index (χ0n) is 11.6. The minimum absolute atomic E-state index is 0.0622. The molecule has 1 fully saturated rings. The highest BCUT2D eigenvalue weighted by Crippen LogP contribution is 2.52. The molecular weight excluding hydrogens is 231 g/mol. The topological polar surface area (TPSA) is 26.3 Å². The van der Waals surface area contributed by atoms with Crippen molar-refractivity contribution in [3.8, 4) is 0 Å². The maximum absolute atomic E-state index is 12.5. The van der Waals surface area contributed by atoms with Gasteiger partial charge in [-0.3, -0.25) is 4.57 Å². The van der Waals surface area contributed by atoms with Crippen molar-refractivity contribution in [1.29, 1.82) is 0 Å². The Morgan fingerprint density at radius 1 is 1.06 bits per heavy atom. The van der Waals surface area contributed by atoms with E-state index in [0.29, 0.717) is 6.61 Å². The summed E-state index contributed by atoms with van der Waals surface area (Å²) in [5, 5.41) is 0.0622. The molecule has 3 heteroatoms. The lowest BCUT2D eigenvalue weighted by Gasteiger charge is -2.36. The fourth-order valence-electron chi connectivity index (χ4n) is 2.76. The van der Waals surface area contributed by atoms with Gasteiger partial charge in [0.15, 0.2) is 8.03 Å². The van der Waals surface area contributed by atoms with E-state index in [1.165, 1.54) is 32.1 Å². The van der Waals surface area contributed by atoms with Crippen LogP contribution in [0.5, 0.6) is 0 Å². The Bertz CT molecular complexity index is 222. The minimum atomic E-state index is -1.84. The molecule has 0 aliphatic heterocycles. The van der Waals surface area contributed by atoms with Crippen molar-refractivity contribution in [3.63, 3.8) is 0 Å². The van der Waals surface area contributed by atoms with Gasteiger partial charge in [0.25, 0.3) is 0 Å². The second-order valence-electron chi connectivity index (χ2n) is 5.43. The first-order valence-electron chi connectivity index (χ1n) is 7.42. The lowest BCUT2D eigenvalue weighted by atomic mass is 9.85. The van der Waals surface area contributed by atoms with Gasteiger partial charge in [-0.25, -0.2) is 0 Å². The molecule has 0 aromatic rings. The number of unbranched alkanes of at least 4 members (excludes halogenated alkanes) is 2. The molecule has 102 valence electrons. The van der Waals surface area contributed by atoms with E-state index in [0.717, 1.165) is 32.1 Å². The molecule has 0 bridgehead atoms. The van der Waals surface area contributed by atoms with E-state index >= 15 is 0 Å². The Morgan fingerprint density at radius 2 is 1.71 bits per heavy atom. The van der Waals surface area contributed by atoms with E-state index < -0.39 is 8.03 Å². The van der Waals surface area contributed by atoms with Crippen LogP contribution in [0.4, 0.5) is 0 Å². The normalized spacial score (nSPS) is 21.3. The van der Waals surface area contributed by atoms with Gasteiger partial charge in [0.1, 0.15) is 0 Å². The van der Waals surface area contributed by atoms with Crippen LogP contribution in [0.2, 0.25) is 0 Å². The first-order valence-corrected chi connectivity index (χ1v) is 8.74. The van der Waals surface area contributed by atoms with Crippen molar-refractivity contribution in [2.45, 2.75) is 83.2 Å². The molecule has 1 atom stereocenters. The molecule has 1 unspecified atom stereocenters. The van der Waals surface area contributed by atoms with Crippen molar-refractivity contribution >= 4 is 8.03 Å². The predicted octanol–water partition coefficient (Wildman–Crippen LogP) is 5.17. The number of hydrogen-bond donors (Lipinski definition) is 0. The van der Waals surface area contributed by atoms with Crippen molar-refractivity contribution in [3.05, 3.63) is 0 Å². The quantitative estimate of drug-likeness (QED) is 0.444. The first kappa shape index (κ1) is 15.2. The monoisotopic (exact) mass is 260 g/mol. The molecule has 0 saturated heterocycles. The molecule has 2 nitrogen and oxygen atoms in total. The summed E-state index contributed by atoms with van der Waals surface area (Å²) in [6.45, 7) is 5.06. The summed E-state index contributed by atoms with van der Waals surface area (Å²) in [5.74, 6) is 0. The molecule has 0 heterocycles. The van der Waals surface area contributed by atoms with Crippen LogP contribution in [0.1, 0.15) is 78.1 Å². The SMILES string of the molecule is CCCCO[PH](=O)C1(CCCC)CCCCC1. The molecule has 0 aromatic heterocycles. The first-order chi connectivity index (χ1) is 8.25. The third kappa shape index (κ3) is 4.75. The zero-order valence-corrected chi connectivity index (χ0v) is 12.6. The molecular formula is C14H29O2P.